The summed E-state index contributed by atoms with van der Waals surface area (Å²) >= 11 is 0. The van der Waals surface area contributed by atoms with Crippen molar-refractivity contribution in [3.05, 3.63) is 23.3 Å². The molecule has 0 aromatic carbocycles. The first-order valence-corrected chi connectivity index (χ1v) is 19.1. The topological polar surface area (TPSA) is 32.6 Å². The molecule has 11 atom stereocenters. The number of rotatable bonds is 8. The molecule has 1 aliphatic heterocycles. The highest BCUT2D eigenvalue weighted by molar-refractivity contribution is 5.84. The summed E-state index contributed by atoms with van der Waals surface area (Å²) < 4.78 is 43.3. The number of nitrogens with zero attached hydrogens (tertiary/aromatic N) is 1. The lowest BCUT2D eigenvalue weighted by Gasteiger charge is -2.43. The summed E-state index contributed by atoms with van der Waals surface area (Å²) in [5.41, 5.74) is 4.23. The van der Waals surface area contributed by atoms with Crippen molar-refractivity contribution in [1.29, 1.82) is 0 Å². The minimum Gasteiger partial charge on any atom is -0.393 e. The highest BCUT2D eigenvalue weighted by atomic mass is 19.4. The normalized spacial score (nSPS) is 39.0. The fourth-order valence-electron chi connectivity index (χ4n) is 10.6. The predicted octanol–water partition coefficient (Wildman–Crippen LogP) is 11.7. The van der Waals surface area contributed by atoms with Gasteiger partial charge < -0.3 is 5.11 Å². The van der Waals surface area contributed by atoms with Crippen LogP contribution in [0, 0.1) is 53.3 Å². The largest absolute Gasteiger partial charge is 0.393 e. The van der Waals surface area contributed by atoms with Crippen LogP contribution in [-0.2, 0) is 0 Å². The second-order valence-corrected chi connectivity index (χ2v) is 16.8. The molecule has 1 N–H and O–H groups in total. The van der Waals surface area contributed by atoms with Crippen molar-refractivity contribution in [1.82, 2.24) is 0 Å². The van der Waals surface area contributed by atoms with Gasteiger partial charge in [0.05, 0.1) is 18.1 Å². The second kappa shape index (κ2) is 15.9. The number of aliphatic hydroxyl groups is 1. The molecule has 45 heavy (non-hydrogen) atoms. The van der Waals surface area contributed by atoms with Crippen molar-refractivity contribution < 1.29 is 18.3 Å². The molecule has 5 aliphatic rings. The van der Waals surface area contributed by atoms with E-state index in [-0.39, 0.29) is 30.2 Å². The molecule has 4 aliphatic carbocycles. The van der Waals surface area contributed by atoms with Gasteiger partial charge in [0.2, 0.25) is 0 Å². The van der Waals surface area contributed by atoms with Gasteiger partial charge in [0.25, 0.3) is 0 Å². The maximum absolute atomic E-state index is 14.4. The van der Waals surface area contributed by atoms with E-state index < -0.39 is 18.2 Å². The molecular formula is C40H64F3NO. The van der Waals surface area contributed by atoms with Gasteiger partial charge in [-0.3, -0.25) is 4.99 Å². The number of hydrogen-bond acceptors (Lipinski definition) is 2. The number of hydrogen-bond donors (Lipinski definition) is 1. The molecular weight excluding hydrogens is 567 g/mol. The first-order valence-electron chi connectivity index (χ1n) is 19.1. The smallest absolute Gasteiger partial charge is 0.392 e. The van der Waals surface area contributed by atoms with Gasteiger partial charge in [-0.1, -0.05) is 50.3 Å². The number of allylic oxidation sites excluding steroid dienone is 3. The quantitative estimate of drug-likeness (QED) is 0.210. The number of aliphatic imine (C=N–C) groups is 1. The lowest BCUT2D eigenvalue weighted by Crippen LogP contribution is -2.40. The van der Waals surface area contributed by atoms with Gasteiger partial charge in [-0.15, -0.1) is 0 Å². The first-order chi connectivity index (χ1) is 21.5. The van der Waals surface area contributed by atoms with Crippen molar-refractivity contribution in [2.75, 3.05) is 0 Å². The molecule has 2 nitrogen and oxygen atoms in total. The highest BCUT2D eigenvalue weighted by Crippen LogP contribution is 2.49. The summed E-state index contributed by atoms with van der Waals surface area (Å²) in [4.78, 5) is 5.25. The maximum Gasteiger partial charge on any atom is 0.392 e. The second-order valence-electron chi connectivity index (χ2n) is 16.8. The van der Waals surface area contributed by atoms with Crippen LogP contribution in [0.5, 0.6) is 0 Å². The minimum absolute atomic E-state index is 0.0829. The van der Waals surface area contributed by atoms with Gasteiger partial charge in [-0.2, -0.15) is 13.2 Å². The van der Waals surface area contributed by atoms with Crippen LogP contribution < -0.4 is 0 Å². The fraction of sp³-hybridized carbons (Fsp3) is 0.875. The number of fused-ring (bicyclic) bond motifs is 1. The Bertz CT molecular complexity index is 1040. The molecule has 11 unspecified atom stereocenters. The molecule has 5 rings (SSSR count). The van der Waals surface area contributed by atoms with Gasteiger partial charge in [-0.05, 0) is 170 Å². The summed E-state index contributed by atoms with van der Waals surface area (Å²) in [6.45, 7) is 8.88. The Morgan fingerprint density at radius 3 is 2.53 bits per heavy atom. The molecule has 1 heterocycles. The van der Waals surface area contributed by atoms with E-state index in [1.54, 1.807) is 5.57 Å². The third-order valence-electron chi connectivity index (χ3n) is 13.1. The molecule has 0 saturated heterocycles. The molecule has 5 heteroatoms. The Labute approximate surface area is 273 Å². The molecule has 3 fully saturated rings. The van der Waals surface area contributed by atoms with Crippen LogP contribution in [0.15, 0.2) is 28.3 Å². The maximum atomic E-state index is 14.4. The number of halogens is 3. The molecule has 256 valence electrons. The number of alkyl halides is 3. The van der Waals surface area contributed by atoms with Crippen LogP contribution in [0.1, 0.15) is 150 Å². The average molecular weight is 632 g/mol. The monoisotopic (exact) mass is 631 g/mol. The number of aliphatic hydroxyl groups excluding tert-OH is 1. The van der Waals surface area contributed by atoms with Gasteiger partial charge in [0.1, 0.15) is 0 Å². The van der Waals surface area contributed by atoms with E-state index in [0.717, 1.165) is 70.6 Å². The van der Waals surface area contributed by atoms with Crippen LogP contribution in [0.3, 0.4) is 0 Å². The third-order valence-corrected chi connectivity index (χ3v) is 13.1. The van der Waals surface area contributed by atoms with Crippen molar-refractivity contribution in [2.45, 2.75) is 168 Å². The van der Waals surface area contributed by atoms with E-state index in [1.807, 2.05) is 0 Å². The van der Waals surface area contributed by atoms with Crippen LogP contribution in [-0.4, -0.2) is 29.1 Å². The molecule has 0 amide bonds. The third kappa shape index (κ3) is 9.50. The summed E-state index contributed by atoms with van der Waals surface area (Å²) in [6.07, 6.45) is 19.3. The Balaban J connectivity index is 1.14. The summed E-state index contributed by atoms with van der Waals surface area (Å²) in [7, 11) is 0. The van der Waals surface area contributed by atoms with E-state index in [4.69, 9.17) is 4.99 Å². The molecule has 0 bridgehead atoms. The van der Waals surface area contributed by atoms with Crippen LogP contribution in [0.4, 0.5) is 13.2 Å². The van der Waals surface area contributed by atoms with Crippen molar-refractivity contribution in [2.24, 2.45) is 58.3 Å². The highest BCUT2D eigenvalue weighted by Gasteiger charge is 2.48. The van der Waals surface area contributed by atoms with E-state index >= 15 is 0 Å². The zero-order valence-corrected chi connectivity index (χ0v) is 29.0. The molecule has 0 radical (unpaired) electrons. The average Bonchev–Trinajstić information content (AvgIpc) is 3.36. The van der Waals surface area contributed by atoms with E-state index in [9.17, 15) is 18.3 Å². The Hall–Kier alpha value is -1.10. The van der Waals surface area contributed by atoms with Crippen molar-refractivity contribution in [3.8, 4) is 0 Å². The van der Waals surface area contributed by atoms with Crippen molar-refractivity contribution >= 4 is 5.71 Å². The van der Waals surface area contributed by atoms with Gasteiger partial charge in [-0.25, -0.2) is 0 Å². The minimum atomic E-state index is -4.12. The molecule has 0 aromatic rings. The Kier molecular flexibility index (Phi) is 12.4. The summed E-state index contributed by atoms with van der Waals surface area (Å²) in [5.74, 6) is 1.68. The lowest BCUT2D eigenvalue weighted by atomic mass is 9.65. The van der Waals surface area contributed by atoms with Gasteiger partial charge >= 0.3 is 6.18 Å². The van der Waals surface area contributed by atoms with Crippen molar-refractivity contribution in [3.63, 3.8) is 0 Å². The van der Waals surface area contributed by atoms with Gasteiger partial charge in [0, 0.05) is 5.71 Å². The predicted molar refractivity (Wildman–Crippen MR) is 181 cm³/mol. The van der Waals surface area contributed by atoms with E-state index in [0.29, 0.717) is 42.4 Å². The molecule has 0 aromatic heterocycles. The van der Waals surface area contributed by atoms with E-state index in [1.165, 1.54) is 43.4 Å². The zero-order chi connectivity index (χ0) is 32.1. The van der Waals surface area contributed by atoms with Crippen LogP contribution in [0.25, 0.3) is 0 Å². The van der Waals surface area contributed by atoms with Gasteiger partial charge in [0.15, 0.2) is 0 Å². The zero-order valence-electron chi connectivity index (χ0n) is 29.0. The molecule has 3 saturated carbocycles. The van der Waals surface area contributed by atoms with Crippen LogP contribution in [0.2, 0.25) is 0 Å². The first kappa shape index (κ1) is 35.2. The molecule has 0 spiro atoms. The van der Waals surface area contributed by atoms with E-state index in [2.05, 4.69) is 39.8 Å². The Morgan fingerprint density at radius 1 is 0.956 bits per heavy atom. The van der Waals surface area contributed by atoms with Crippen LogP contribution >= 0.6 is 0 Å². The SMILES string of the molecule is CC(C)=CC1CCCC(CC2CCC(CCC(O)C3CCC(C)C(C4N=C(C)CC5CCCCC=C54)C3)CC2C(F)(F)F)CC1. The fourth-order valence-corrected chi connectivity index (χ4v) is 10.6. The summed E-state index contributed by atoms with van der Waals surface area (Å²) in [5, 5.41) is 11.5. The Morgan fingerprint density at radius 2 is 1.76 bits per heavy atom. The standard InChI is InChI=1S/C40H64F3NO/c1-26(2)21-29-9-8-10-30(15-14-29)23-33-19-16-31(24-37(33)40(41,42)43)17-20-38(45)34-18-13-27(3)36(25-34)39-35-12-7-5-6-11-32(35)22-28(4)44-39/h12,21,27,29-34,36-39,45H,5-11,13-20,22-25H2,1-4H3. The lowest BCUT2D eigenvalue weighted by molar-refractivity contribution is -0.203. The summed E-state index contributed by atoms with van der Waals surface area (Å²) in [6, 6.07) is 0.265.